The number of aryl methyl sites for hydroxylation is 1. The fourth-order valence-electron chi connectivity index (χ4n) is 0.815. The lowest BCUT2D eigenvalue weighted by Gasteiger charge is -2.10. The molecule has 0 radical (unpaired) electrons. The number of hydrogen-bond donors (Lipinski definition) is 2. The number of rotatable bonds is 2. The van der Waals surface area contributed by atoms with E-state index in [4.69, 9.17) is 15.4 Å². The van der Waals surface area contributed by atoms with E-state index in [0.717, 1.165) is 5.56 Å². The van der Waals surface area contributed by atoms with Gasteiger partial charge in [0.15, 0.2) is 0 Å². The summed E-state index contributed by atoms with van der Waals surface area (Å²) in [4.78, 5) is 10.4. The first kappa shape index (κ1) is 8.61. The van der Waals surface area contributed by atoms with E-state index in [1.54, 1.807) is 13.0 Å². The van der Waals surface area contributed by atoms with Crippen LogP contribution in [0.3, 0.4) is 0 Å². The molecule has 0 saturated carbocycles. The highest BCUT2D eigenvalue weighted by molar-refractivity contribution is 5.70. The lowest BCUT2D eigenvalue weighted by atomic mass is 10.2. The molecule has 0 aromatic carbocycles. The van der Waals surface area contributed by atoms with Crippen LogP contribution in [0.25, 0.3) is 0 Å². The number of furan rings is 1. The SMILES string of the molecule is Cc1occc1CN(O)C(N)=O. The number of nitrogens with zero attached hydrogens (tertiary/aromatic N) is 1. The molecule has 1 aromatic rings. The van der Waals surface area contributed by atoms with Crippen LogP contribution in [0.5, 0.6) is 0 Å². The molecule has 12 heavy (non-hydrogen) atoms. The molecule has 2 amide bonds. The second kappa shape index (κ2) is 3.27. The Balaban J connectivity index is 2.64. The largest absolute Gasteiger partial charge is 0.469 e. The second-order valence-electron chi connectivity index (χ2n) is 2.40. The number of carbonyl (C=O) groups excluding carboxylic acids is 1. The van der Waals surface area contributed by atoms with E-state index in [0.29, 0.717) is 10.8 Å². The molecule has 5 nitrogen and oxygen atoms in total. The summed E-state index contributed by atoms with van der Waals surface area (Å²) in [6, 6.07) is 0.789. The van der Waals surface area contributed by atoms with E-state index in [9.17, 15) is 4.79 Å². The van der Waals surface area contributed by atoms with Crippen LogP contribution in [0, 0.1) is 6.92 Å². The fraction of sp³-hybridized carbons (Fsp3) is 0.286. The number of amides is 2. The molecule has 0 aliphatic rings. The van der Waals surface area contributed by atoms with Gasteiger partial charge in [0.2, 0.25) is 0 Å². The first-order valence-electron chi connectivity index (χ1n) is 3.40. The smallest absolute Gasteiger partial charge is 0.338 e. The number of hydroxylamine groups is 2. The van der Waals surface area contributed by atoms with Crippen LogP contribution < -0.4 is 5.73 Å². The maximum absolute atomic E-state index is 10.4. The maximum atomic E-state index is 10.4. The molecule has 0 unspecified atom stereocenters. The van der Waals surface area contributed by atoms with Crippen molar-refractivity contribution in [3.63, 3.8) is 0 Å². The molecule has 1 rings (SSSR count). The van der Waals surface area contributed by atoms with Crippen LogP contribution in [0.15, 0.2) is 16.7 Å². The van der Waals surface area contributed by atoms with Gasteiger partial charge in [-0.3, -0.25) is 5.21 Å². The van der Waals surface area contributed by atoms with Gasteiger partial charge in [-0.05, 0) is 13.0 Å². The predicted molar refractivity (Wildman–Crippen MR) is 40.4 cm³/mol. The molecule has 0 spiro atoms. The molecule has 0 bridgehead atoms. The lowest BCUT2D eigenvalue weighted by Crippen LogP contribution is -2.32. The van der Waals surface area contributed by atoms with Gasteiger partial charge in [-0.25, -0.2) is 9.86 Å². The number of carbonyl (C=O) groups is 1. The minimum absolute atomic E-state index is 0.0532. The molecular formula is C7H10N2O3. The molecular weight excluding hydrogens is 160 g/mol. The summed E-state index contributed by atoms with van der Waals surface area (Å²) < 4.78 is 4.96. The minimum Gasteiger partial charge on any atom is -0.469 e. The van der Waals surface area contributed by atoms with E-state index in [1.807, 2.05) is 0 Å². The van der Waals surface area contributed by atoms with Crippen molar-refractivity contribution in [2.45, 2.75) is 13.5 Å². The van der Waals surface area contributed by atoms with Crippen LogP contribution >= 0.6 is 0 Å². The highest BCUT2D eigenvalue weighted by Gasteiger charge is 2.09. The topological polar surface area (TPSA) is 79.7 Å². The molecule has 66 valence electrons. The Bertz CT molecular complexity index is 282. The summed E-state index contributed by atoms with van der Waals surface area (Å²) in [5.41, 5.74) is 5.54. The van der Waals surface area contributed by atoms with E-state index in [1.165, 1.54) is 6.26 Å². The van der Waals surface area contributed by atoms with E-state index in [2.05, 4.69) is 0 Å². The molecule has 0 atom stereocenters. The second-order valence-corrected chi connectivity index (χ2v) is 2.40. The zero-order valence-corrected chi connectivity index (χ0v) is 6.65. The molecule has 0 aliphatic heterocycles. The van der Waals surface area contributed by atoms with Crippen LogP contribution in [0.4, 0.5) is 4.79 Å². The van der Waals surface area contributed by atoms with Crippen molar-refractivity contribution in [1.82, 2.24) is 5.06 Å². The summed E-state index contributed by atoms with van der Waals surface area (Å²) >= 11 is 0. The maximum Gasteiger partial charge on any atom is 0.338 e. The van der Waals surface area contributed by atoms with E-state index < -0.39 is 6.03 Å². The monoisotopic (exact) mass is 170 g/mol. The molecule has 5 heteroatoms. The molecule has 0 saturated heterocycles. The molecule has 1 heterocycles. The van der Waals surface area contributed by atoms with Gasteiger partial charge in [-0.1, -0.05) is 0 Å². The summed E-state index contributed by atoms with van der Waals surface area (Å²) in [7, 11) is 0. The molecule has 1 aromatic heterocycles. The zero-order chi connectivity index (χ0) is 9.14. The van der Waals surface area contributed by atoms with Gasteiger partial charge in [0.1, 0.15) is 5.76 Å². The Hall–Kier alpha value is -1.49. The van der Waals surface area contributed by atoms with Gasteiger partial charge in [0, 0.05) is 5.56 Å². The Kier molecular flexibility index (Phi) is 2.35. The average Bonchev–Trinajstić information content (AvgIpc) is 2.36. The Morgan fingerprint density at radius 2 is 2.50 bits per heavy atom. The number of nitrogens with two attached hydrogens (primary N) is 1. The van der Waals surface area contributed by atoms with Crippen molar-refractivity contribution in [2.24, 2.45) is 5.73 Å². The van der Waals surface area contributed by atoms with Gasteiger partial charge >= 0.3 is 6.03 Å². The molecule has 3 N–H and O–H groups in total. The summed E-state index contributed by atoms with van der Waals surface area (Å²) in [6.45, 7) is 1.79. The standard InChI is InChI=1S/C7H10N2O3/c1-5-6(2-3-12-5)4-9(11)7(8)10/h2-3,11H,4H2,1H3,(H2,8,10). The fourth-order valence-corrected chi connectivity index (χ4v) is 0.815. The van der Waals surface area contributed by atoms with Gasteiger partial charge in [-0.2, -0.15) is 0 Å². The van der Waals surface area contributed by atoms with Gasteiger partial charge in [0.25, 0.3) is 0 Å². The summed E-state index contributed by atoms with van der Waals surface area (Å²) in [5.74, 6) is 0.662. The highest BCUT2D eigenvalue weighted by Crippen LogP contribution is 2.10. The lowest BCUT2D eigenvalue weighted by molar-refractivity contribution is -0.0473. The minimum atomic E-state index is -0.879. The quantitative estimate of drug-likeness (QED) is 0.510. The van der Waals surface area contributed by atoms with Gasteiger partial charge in [0.05, 0.1) is 12.8 Å². The third-order valence-corrected chi connectivity index (χ3v) is 1.54. The van der Waals surface area contributed by atoms with Gasteiger partial charge < -0.3 is 10.2 Å². The van der Waals surface area contributed by atoms with Crippen molar-refractivity contribution in [2.75, 3.05) is 0 Å². The highest BCUT2D eigenvalue weighted by atomic mass is 16.5. The van der Waals surface area contributed by atoms with E-state index >= 15 is 0 Å². The van der Waals surface area contributed by atoms with Crippen molar-refractivity contribution >= 4 is 6.03 Å². The number of hydrogen-bond acceptors (Lipinski definition) is 3. The third-order valence-electron chi connectivity index (χ3n) is 1.54. The Labute approximate surface area is 69.3 Å². The third kappa shape index (κ3) is 1.76. The van der Waals surface area contributed by atoms with Crippen molar-refractivity contribution in [3.8, 4) is 0 Å². The van der Waals surface area contributed by atoms with E-state index in [-0.39, 0.29) is 6.54 Å². The summed E-state index contributed by atoms with van der Waals surface area (Å²) in [5, 5.41) is 9.37. The normalized spacial score (nSPS) is 9.83. The predicted octanol–water partition coefficient (Wildman–Crippen LogP) is 0.858. The first-order valence-corrected chi connectivity index (χ1v) is 3.40. The van der Waals surface area contributed by atoms with Crippen LogP contribution in [0.1, 0.15) is 11.3 Å². The Morgan fingerprint density at radius 3 is 2.92 bits per heavy atom. The van der Waals surface area contributed by atoms with Crippen molar-refractivity contribution in [3.05, 3.63) is 23.7 Å². The Morgan fingerprint density at radius 1 is 1.83 bits per heavy atom. The molecule has 0 aliphatic carbocycles. The zero-order valence-electron chi connectivity index (χ0n) is 6.65. The van der Waals surface area contributed by atoms with Gasteiger partial charge in [-0.15, -0.1) is 0 Å². The number of urea groups is 1. The van der Waals surface area contributed by atoms with Crippen molar-refractivity contribution < 1.29 is 14.4 Å². The van der Waals surface area contributed by atoms with Crippen molar-refractivity contribution in [1.29, 1.82) is 0 Å². The average molecular weight is 170 g/mol. The first-order chi connectivity index (χ1) is 5.61. The molecule has 0 fully saturated rings. The number of primary amides is 1. The van der Waals surface area contributed by atoms with Crippen LogP contribution in [-0.2, 0) is 6.54 Å². The van der Waals surface area contributed by atoms with Crippen LogP contribution in [-0.4, -0.2) is 16.3 Å². The van der Waals surface area contributed by atoms with Crippen LogP contribution in [0.2, 0.25) is 0 Å². The summed E-state index contributed by atoms with van der Waals surface area (Å²) in [6.07, 6.45) is 1.49.